The minimum absolute atomic E-state index is 0.0194. The number of pyridine rings is 1. The first-order chi connectivity index (χ1) is 9.38. The van der Waals surface area contributed by atoms with Crippen molar-refractivity contribution in [2.24, 2.45) is 0 Å². The molecule has 0 amide bonds. The summed E-state index contributed by atoms with van der Waals surface area (Å²) < 4.78 is 13.1. The van der Waals surface area contributed by atoms with Gasteiger partial charge < -0.3 is 5.11 Å². The number of aliphatic hydroxyl groups is 1. The Morgan fingerprint density at radius 2 is 1.40 bits per heavy atom. The van der Waals surface area contributed by atoms with Crippen LogP contribution < -0.4 is 0 Å². The van der Waals surface area contributed by atoms with Crippen LogP contribution in [0.25, 0.3) is 11.1 Å². The molecule has 1 N–H and O–H groups in total. The molecule has 1 aromatic carbocycles. The van der Waals surface area contributed by atoms with Gasteiger partial charge in [-0.3, -0.25) is 0 Å². The Morgan fingerprint density at radius 1 is 0.900 bits per heavy atom. The fourth-order valence-electron chi connectivity index (χ4n) is 1.66. The number of halogens is 6. The van der Waals surface area contributed by atoms with Crippen LogP contribution in [0.2, 0.25) is 25.1 Å². The van der Waals surface area contributed by atoms with Gasteiger partial charge in [0.15, 0.2) is 0 Å². The SMILES string of the molecule is OCc1nc(F)ccc1-c1c(Cl)c(Cl)c(Cl)c(Cl)c1Cl. The Morgan fingerprint density at radius 3 is 1.90 bits per heavy atom. The molecular formula is C12H5Cl5FNO. The summed E-state index contributed by atoms with van der Waals surface area (Å²) in [6.07, 6.45) is 0. The van der Waals surface area contributed by atoms with E-state index in [1.54, 1.807) is 0 Å². The number of hydrogen-bond acceptors (Lipinski definition) is 2. The second kappa shape index (κ2) is 6.22. The van der Waals surface area contributed by atoms with E-state index in [4.69, 9.17) is 58.0 Å². The third-order valence-electron chi connectivity index (χ3n) is 2.57. The van der Waals surface area contributed by atoms with Crippen molar-refractivity contribution in [2.45, 2.75) is 6.61 Å². The third kappa shape index (κ3) is 2.71. The van der Waals surface area contributed by atoms with Crippen LogP contribution in [-0.4, -0.2) is 10.1 Å². The first-order valence-electron chi connectivity index (χ1n) is 5.16. The van der Waals surface area contributed by atoms with Crippen molar-refractivity contribution in [2.75, 3.05) is 0 Å². The molecule has 0 unspecified atom stereocenters. The normalized spacial score (nSPS) is 10.9. The van der Waals surface area contributed by atoms with Gasteiger partial charge in [-0.05, 0) is 12.1 Å². The number of nitrogens with zero attached hydrogens (tertiary/aromatic N) is 1. The Labute approximate surface area is 139 Å². The van der Waals surface area contributed by atoms with Crippen LogP contribution in [0.3, 0.4) is 0 Å². The van der Waals surface area contributed by atoms with E-state index in [0.717, 1.165) is 6.07 Å². The molecule has 0 atom stereocenters. The van der Waals surface area contributed by atoms with Crippen LogP contribution in [0.1, 0.15) is 5.69 Å². The van der Waals surface area contributed by atoms with Crippen LogP contribution in [0.5, 0.6) is 0 Å². The maximum Gasteiger partial charge on any atom is 0.213 e. The molecule has 0 aliphatic carbocycles. The van der Waals surface area contributed by atoms with Gasteiger partial charge >= 0.3 is 0 Å². The lowest BCUT2D eigenvalue weighted by atomic mass is 10.0. The van der Waals surface area contributed by atoms with Crippen molar-refractivity contribution >= 4 is 58.0 Å². The van der Waals surface area contributed by atoms with E-state index >= 15 is 0 Å². The van der Waals surface area contributed by atoms with Crippen LogP contribution in [0.4, 0.5) is 4.39 Å². The Balaban J connectivity index is 2.83. The number of rotatable bonds is 2. The Hall–Kier alpha value is -0.290. The second-order valence-electron chi connectivity index (χ2n) is 3.73. The highest BCUT2D eigenvalue weighted by molar-refractivity contribution is 6.56. The maximum atomic E-state index is 13.1. The lowest BCUT2D eigenvalue weighted by Crippen LogP contribution is -1.98. The quantitative estimate of drug-likeness (QED) is 0.418. The minimum Gasteiger partial charge on any atom is -0.390 e. The lowest BCUT2D eigenvalue weighted by Gasteiger charge is -2.14. The fourth-order valence-corrected chi connectivity index (χ4v) is 3.01. The molecule has 0 bridgehead atoms. The Bertz CT molecular complexity index is 663. The van der Waals surface area contributed by atoms with Gasteiger partial charge in [-0.2, -0.15) is 4.39 Å². The van der Waals surface area contributed by atoms with Gasteiger partial charge in [0.2, 0.25) is 5.95 Å². The first-order valence-corrected chi connectivity index (χ1v) is 7.05. The van der Waals surface area contributed by atoms with Crippen LogP contribution in [0.15, 0.2) is 12.1 Å². The molecule has 0 aliphatic rings. The van der Waals surface area contributed by atoms with E-state index in [1.165, 1.54) is 6.07 Å². The highest BCUT2D eigenvalue weighted by atomic mass is 35.5. The summed E-state index contributed by atoms with van der Waals surface area (Å²) in [4.78, 5) is 3.58. The molecule has 0 saturated carbocycles. The zero-order chi connectivity index (χ0) is 15.0. The van der Waals surface area contributed by atoms with Gasteiger partial charge in [0.1, 0.15) is 0 Å². The molecule has 106 valence electrons. The highest BCUT2D eigenvalue weighted by Gasteiger charge is 2.22. The van der Waals surface area contributed by atoms with E-state index in [0.29, 0.717) is 5.56 Å². The third-order valence-corrected chi connectivity index (χ3v) is 4.85. The largest absolute Gasteiger partial charge is 0.390 e. The highest BCUT2D eigenvalue weighted by Crippen LogP contribution is 2.48. The van der Waals surface area contributed by atoms with Crippen LogP contribution >= 0.6 is 58.0 Å². The van der Waals surface area contributed by atoms with Crippen molar-refractivity contribution in [1.29, 1.82) is 0 Å². The van der Waals surface area contributed by atoms with Crippen molar-refractivity contribution < 1.29 is 9.50 Å². The summed E-state index contributed by atoms with van der Waals surface area (Å²) in [5.74, 6) is -0.740. The molecule has 0 radical (unpaired) electrons. The van der Waals surface area contributed by atoms with Gasteiger partial charge in [-0.15, -0.1) is 0 Å². The Kier molecular flexibility index (Phi) is 5.00. The molecule has 8 heteroatoms. The van der Waals surface area contributed by atoms with Gasteiger partial charge in [0, 0.05) is 11.1 Å². The van der Waals surface area contributed by atoms with E-state index < -0.39 is 12.6 Å². The fraction of sp³-hybridized carbons (Fsp3) is 0.0833. The number of aliphatic hydroxyl groups excluding tert-OH is 1. The predicted molar refractivity (Wildman–Crippen MR) is 80.6 cm³/mol. The molecule has 0 spiro atoms. The molecule has 0 fully saturated rings. The van der Waals surface area contributed by atoms with Crippen molar-refractivity contribution in [3.63, 3.8) is 0 Å². The molecule has 1 heterocycles. The first kappa shape index (κ1) is 16.1. The zero-order valence-electron chi connectivity index (χ0n) is 9.52. The molecule has 2 nitrogen and oxygen atoms in total. The minimum atomic E-state index is -0.740. The summed E-state index contributed by atoms with van der Waals surface area (Å²) in [6.45, 7) is -0.502. The topological polar surface area (TPSA) is 33.1 Å². The van der Waals surface area contributed by atoms with Crippen molar-refractivity contribution in [3.8, 4) is 11.1 Å². The molecule has 20 heavy (non-hydrogen) atoms. The molecule has 0 aliphatic heterocycles. The molecule has 1 aromatic heterocycles. The van der Waals surface area contributed by atoms with E-state index in [9.17, 15) is 9.50 Å². The monoisotopic (exact) mass is 373 g/mol. The van der Waals surface area contributed by atoms with Crippen molar-refractivity contribution in [3.05, 3.63) is 48.9 Å². The number of hydrogen-bond donors (Lipinski definition) is 1. The van der Waals surface area contributed by atoms with Gasteiger partial charge in [0.05, 0.1) is 37.4 Å². The van der Waals surface area contributed by atoms with Gasteiger partial charge in [0.25, 0.3) is 0 Å². The lowest BCUT2D eigenvalue weighted by molar-refractivity contribution is 0.275. The van der Waals surface area contributed by atoms with Crippen molar-refractivity contribution in [1.82, 2.24) is 4.98 Å². The van der Waals surface area contributed by atoms with E-state index in [2.05, 4.69) is 4.98 Å². The summed E-state index contributed by atoms with van der Waals surface area (Å²) in [7, 11) is 0. The average Bonchev–Trinajstić information content (AvgIpc) is 2.44. The summed E-state index contributed by atoms with van der Waals surface area (Å²) in [5.41, 5.74) is 0.622. The van der Waals surface area contributed by atoms with Gasteiger partial charge in [-0.1, -0.05) is 58.0 Å². The molecular weight excluding hydrogens is 370 g/mol. The van der Waals surface area contributed by atoms with Crippen LogP contribution in [-0.2, 0) is 6.61 Å². The standard InChI is InChI=1S/C12H5Cl5FNO/c13-8-7(9(14)11(16)12(17)10(8)15)4-1-2-6(18)19-5(4)3-20/h1-2,20H,3H2. The average molecular weight is 375 g/mol. The summed E-state index contributed by atoms with van der Waals surface area (Å²) in [5, 5.41) is 9.43. The van der Waals surface area contributed by atoms with E-state index in [1.807, 2.05) is 0 Å². The summed E-state index contributed by atoms with van der Waals surface area (Å²) in [6, 6.07) is 2.49. The molecule has 2 aromatic rings. The smallest absolute Gasteiger partial charge is 0.213 e. The molecule has 2 rings (SSSR count). The predicted octanol–water partition coefficient (Wildman–Crippen LogP) is 5.65. The van der Waals surface area contributed by atoms with E-state index in [-0.39, 0.29) is 36.4 Å². The van der Waals surface area contributed by atoms with Gasteiger partial charge in [-0.25, -0.2) is 4.98 Å². The zero-order valence-corrected chi connectivity index (χ0v) is 13.3. The number of benzene rings is 1. The number of aromatic nitrogens is 1. The van der Waals surface area contributed by atoms with Crippen LogP contribution in [0, 0.1) is 5.95 Å². The molecule has 0 saturated heterocycles. The maximum absolute atomic E-state index is 13.1. The second-order valence-corrected chi connectivity index (χ2v) is 5.62. The summed E-state index contributed by atoms with van der Waals surface area (Å²) >= 11 is 30.1.